The van der Waals surface area contributed by atoms with E-state index in [1.165, 1.54) is 12.8 Å². The molecule has 0 spiro atoms. The summed E-state index contributed by atoms with van der Waals surface area (Å²) in [4.78, 5) is 0. The third-order valence-corrected chi connectivity index (χ3v) is 2.06. The molecular weight excluding hydrogens is 158 g/mol. The second-order valence-corrected chi connectivity index (χ2v) is 3.21. The summed E-state index contributed by atoms with van der Waals surface area (Å²) in [5, 5.41) is 7.78. The van der Waals surface area contributed by atoms with Crippen LogP contribution < -0.4 is 0 Å². The lowest BCUT2D eigenvalue weighted by molar-refractivity contribution is 0.741. The molecule has 0 aliphatic heterocycles. The van der Waals surface area contributed by atoms with Crippen molar-refractivity contribution in [2.75, 3.05) is 0 Å². The van der Waals surface area contributed by atoms with E-state index in [1.807, 2.05) is 24.3 Å². The summed E-state index contributed by atoms with van der Waals surface area (Å²) < 4.78 is 0. The molecule has 1 aromatic rings. The van der Waals surface area contributed by atoms with Crippen LogP contribution in [0.25, 0.3) is 0 Å². The Kier molecular flexibility index (Phi) is 4.24. The fourth-order valence-corrected chi connectivity index (χ4v) is 1.27. The fourth-order valence-electron chi connectivity index (χ4n) is 1.27. The van der Waals surface area contributed by atoms with Gasteiger partial charge in [0.2, 0.25) is 0 Å². The third kappa shape index (κ3) is 3.41. The lowest BCUT2D eigenvalue weighted by Gasteiger charge is -2.02. The van der Waals surface area contributed by atoms with Gasteiger partial charge in [0.15, 0.2) is 0 Å². The highest BCUT2D eigenvalue weighted by Gasteiger charge is 1.99. The average molecular weight is 174 g/mol. The van der Waals surface area contributed by atoms with Gasteiger partial charge in [0.25, 0.3) is 0 Å². The van der Waals surface area contributed by atoms with Crippen LogP contribution in [0.4, 0.5) is 0 Å². The molecule has 1 rings (SSSR count). The summed E-state index contributed by atoms with van der Waals surface area (Å²) in [6.07, 6.45) is 4.44. The van der Waals surface area contributed by atoms with Crippen LogP contribution in [-0.4, -0.2) is 5.71 Å². The van der Waals surface area contributed by atoms with E-state index in [1.54, 1.807) is 0 Å². The van der Waals surface area contributed by atoms with Gasteiger partial charge < -0.3 is 5.41 Å². The molecule has 1 nitrogen and oxygen atoms in total. The lowest BCUT2D eigenvalue weighted by Crippen LogP contribution is -1.98. The molecule has 0 unspecified atom stereocenters. The topological polar surface area (TPSA) is 23.9 Å². The average Bonchev–Trinajstić information content (AvgIpc) is 2.19. The largest absolute Gasteiger partial charge is 0.305 e. The highest BCUT2D eigenvalue weighted by Crippen LogP contribution is 2.06. The lowest BCUT2D eigenvalue weighted by atomic mass is 10.0. The molecular formula is C12H16N. The number of benzene rings is 1. The molecule has 0 bridgehead atoms. The number of hydrogen-bond donors (Lipinski definition) is 1. The molecule has 1 N–H and O–H groups in total. The summed E-state index contributed by atoms with van der Waals surface area (Å²) in [5.41, 5.74) is 1.66. The Morgan fingerprint density at radius 3 is 2.85 bits per heavy atom. The predicted octanol–water partition coefficient (Wildman–Crippen LogP) is 3.43. The standard InChI is InChI=1S/C12H16N/c1-2-3-5-10-12(13)11-8-6-4-7-9-11/h4,6-8,13H,2-3,5,10H2,1H3. The highest BCUT2D eigenvalue weighted by atomic mass is 14.4. The van der Waals surface area contributed by atoms with Crippen LogP contribution >= 0.6 is 0 Å². The summed E-state index contributed by atoms with van der Waals surface area (Å²) >= 11 is 0. The zero-order valence-corrected chi connectivity index (χ0v) is 8.14. The Hall–Kier alpha value is -1.11. The third-order valence-electron chi connectivity index (χ3n) is 2.06. The van der Waals surface area contributed by atoms with Crippen LogP contribution in [0.1, 0.15) is 38.2 Å². The zero-order chi connectivity index (χ0) is 9.52. The number of hydrogen-bond acceptors (Lipinski definition) is 1. The monoisotopic (exact) mass is 174 g/mol. The molecule has 13 heavy (non-hydrogen) atoms. The second kappa shape index (κ2) is 5.52. The van der Waals surface area contributed by atoms with E-state index in [0.29, 0.717) is 5.71 Å². The molecule has 0 saturated heterocycles. The Labute approximate surface area is 80.3 Å². The predicted molar refractivity (Wildman–Crippen MR) is 56.2 cm³/mol. The van der Waals surface area contributed by atoms with Gasteiger partial charge in [-0.05, 0) is 18.9 Å². The van der Waals surface area contributed by atoms with E-state index in [-0.39, 0.29) is 0 Å². The molecule has 0 aromatic heterocycles. The smallest absolute Gasteiger partial charge is 0.0392 e. The van der Waals surface area contributed by atoms with E-state index < -0.39 is 0 Å². The van der Waals surface area contributed by atoms with Crippen molar-refractivity contribution in [2.45, 2.75) is 32.6 Å². The quantitative estimate of drug-likeness (QED) is 0.522. The van der Waals surface area contributed by atoms with Crippen molar-refractivity contribution >= 4 is 5.71 Å². The van der Waals surface area contributed by atoms with Crippen molar-refractivity contribution in [2.24, 2.45) is 0 Å². The first-order chi connectivity index (χ1) is 6.34. The number of unbranched alkanes of at least 4 members (excludes halogenated alkanes) is 2. The number of nitrogens with one attached hydrogen (secondary N) is 1. The van der Waals surface area contributed by atoms with Crippen molar-refractivity contribution in [3.63, 3.8) is 0 Å². The van der Waals surface area contributed by atoms with Gasteiger partial charge in [0, 0.05) is 11.3 Å². The van der Waals surface area contributed by atoms with Crippen LogP contribution in [0.3, 0.4) is 0 Å². The van der Waals surface area contributed by atoms with Gasteiger partial charge in [0.1, 0.15) is 0 Å². The van der Waals surface area contributed by atoms with E-state index in [0.717, 1.165) is 18.4 Å². The van der Waals surface area contributed by atoms with Gasteiger partial charge in [-0.1, -0.05) is 44.0 Å². The van der Waals surface area contributed by atoms with Crippen LogP contribution in [0.5, 0.6) is 0 Å². The number of rotatable bonds is 5. The van der Waals surface area contributed by atoms with Gasteiger partial charge in [0.05, 0.1) is 0 Å². The SMILES string of the molecule is CCCCCC(=N)c1[c]cccc1. The normalized spacial score (nSPS) is 9.92. The molecule has 0 fully saturated rings. The van der Waals surface area contributed by atoms with E-state index in [4.69, 9.17) is 5.41 Å². The van der Waals surface area contributed by atoms with Crippen LogP contribution in [-0.2, 0) is 0 Å². The molecule has 0 heterocycles. The zero-order valence-electron chi connectivity index (χ0n) is 8.14. The summed E-state index contributed by atoms with van der Waals surface area (Å²) in [7, 11) is 0. The Balaban J connectivity index is 2.40. The molecule has 0 saturated carbocycles. The molecule has 1 aromatic carbocycles. The van der Waals surface area contributed by atoms with E-state index in [2.05, 4.69) is 13.0 Å². The first kappa shape index (κ1) is 9.97. The molecule has 0 amide bonds. The van der Waals surface area contributed by atoms with Crippen molar-refractivity contribution in [1.29, 1.82) is 5.41 Å². The van der Waals surface area contributed by atoms with Gasteiger partial charge in [-0.25, -0.2) is 0 Å². The van der Waals surface area contributed by atoms with Crippen molar-refractivity contribution in [3.8, 4) is 0 Å². The van der Waals surface area contributed by atoms with Crippen LogP contribution in [0.2, 0.25) is 0 Å². The highest BCUT2D eigenvalue weighted by molar-refractivity contribution is 5.97. The maximum Gasteiger partial charge on any atom is 0.0392 e. The van der Waals surface area contributed by atoms with Crippen molar-refractivity contribution in [1.82, 2.24) is 0 Å². The summed E-state index contributed by atoms with van der Waals surface area (Å²) in [6.45, 7) is 2.18. The molecule has 69 valence electrons. The minimum Gasteiger partial charge on any atom is -0.305 e. The second-order valence-electron chi connectivity index (χ2n) is 3.21. The Morgan fingerprint density at radius 2 is 2.23 bits per heavy atom. The maximum atomic E-state index is 7.78. The molecule has 0 aliphatic carbocycles. The van der Waals surface area contributed by atoms with Crippen molar-refractivity contribution < 1.29 is 0 Å². The van der Waals surface area contributed by atoms with Crippen LogP contribution in [0, 0.1) is 11.5 Å². The molecule has 0 atom stereocenters. The van der Waals surface area contributed by atoms with Crippen molar-refractivity contribution in [3.05, 3.63) is 35.9 Å². The summed E-state index contributed by atoms with van der Waals surface area (Å²) in [6, 6.07) is 10.8. The molecule has 1 heteroatoms. The minimum absolute atomic E-state index is 0.717. The minimum atomic E-state index is 0.717. The van der Waals surface area contributed by atoms with E-state index >= 15 is 0 Å². The Morgan fingerprint density at radius 1 is 1.38 bits per heavy atom. The maximum absolute atomic E-state index is 7.78. The van der Waals surface area contributed by atoms with Gasteiger partial charge in [-0.3, -0.25) is 0 Å². The first-order valence-electron chi connectivity index (χ1n) is 4.89. The van der Waals surface area contributed by atoms with E-state index in [9.17, 15) is 0 Å². The van der Waals surface area contributed by atoms with Gasteiger partial charge in [-0.2, -0.15) is 0 Å². The van der Waals surface area contributed by atoms with Crippen LogP contribution in [0.15, 0.2) is 24.3 Å². The Bertz CT molecular complexity index is 251. The molecule has 0 aliphatic rings. The summed E-state index contributed by atoms with van der Waals surface area (Å²) in [5.74, 6) is 0. The fraction of sp³-hybridized carbons (Fsp3) is 0.417. The first-order valence-corrected chi connectivity index (χ1v) is 4.89. The van der Waals surface area contributed by atoms with Gasteiger partial charge in [-0.15, -0.1) is 0 Å². The molecule has 1 radical (unpaired) electrons. The van der Waals surface area contributed by atoms with Gasteiger partial charge >= 0.3 is 0 Å².